The van der Waals surface area contributed by atoms with Gasteiger partial charge in [-0.1, -0.05) is 0 Å². The van der Waals surface area contributed by atoms with Gasteiger partial charge in [0.2, 0.25) is 0 Å². The van der Waals surface area contributed by atoms with Gasteiger partial charge in [0.05, 0.1) is 7.11 Å². The Balaban J connectivity index is 3.74. The van der Waals surface area contributed by atoms with Gasteiger partial charge in [-0.3, -0.25) is 4.79 Å². The lowest BCUT2D eigenvalue weighted by atomic mass is 10.3. The molecule has 0 aromatic carbocycles. The van der Waals surface area contributed by atoms with Gasteiger partial charge in [0.1, 0.15) is 6.04 Å². The zero-order valence-electron chi connectivity index (χ0n) is 6.36. The van der Waals surface area contributed by atoms with Crippen LogP contribution in [-0.4, -0.2) is 31.9 Å². The van der Waals surface area contributed by atoms with E-state index in [0.29, 0.717) is 5.75 Å². The Morgan fingerprint density at radius 3 is 2.82 bits per heavy atom. The maximum atomic E-state index is 10.8. The molecule has 1 N–H and O–H groups in total. The summed E-state index contributed by atoms with van der Waals surface area (Å²) in [6.07, 6.45) is 0. The first-order valence-electron chi connectivity index (χ1n) is 2.96. The van der Waals surface area contributed by atoms with Crippen LogP contribution in [0.15, 0.2) is 4.58 Å². The Labute approximate surface area is 69.0 Å². The number of methoxy groups -OCH3 is 1. The van der Waals surface area contributed by atoms with Crippen molar-refractivity contribution in [3.63, 3.8) is 0 Å². The van der Waals surface area contributed by atoms with Crippen LogP contribution in [0.2, 0.25) is 0 Å². The maximum absolute atomic E-state index is 10.8. The lowest BCUT2D eigenvalue weighted by molar-refractivity contribution is -0.142. The monoisotopic (exact) mass is 178 g/mol. The van der Waals surface area contributed by atoms with Crippen LogP contribution in [0.25, 0.3) is 0 Å². The molecule has 0 heterocycles. The van der Waals surface area contributed by atoms with Gasteiger partial charge in [-0.2, -0.15) is 0 Å². The summed E-state index contributed by atoms with van der Waals surface area (Å²) < 4.78 is 7.00. The Bertz CT molecular complexity index is 142. The van der Waals surface area contributed by atoms with Crippen molar-refractivity contribution in [2.75, 3.05) is 19.9 Å². The van der Waals surface area contributed by atoms with Gasteiger partial charge in [-0.25, -0.2) is 0 Å². The standard InChI is InChI=1S/C5H10N2O3S/c1-6-4(3-11-7-9)5(8)10-2/h4,6H,3H2,1-2H3. The molecule has 0 aliphatic carbocycles. The van der Waals surface area contributed by atoms with E-state index in [9.17, 15) is 9.70 Å². The van der Waals surface area contributed by atoms with Crippen molar-refractivity contribution in [2.45, 2.75) is 6.04 Å². The fourth-order valence-electron chi connectivity index (χ4n) is 0.516. The molecule has 0 saturated carbocycles. The first-order chi connectivity index (χ1) is 5.26. The molecule has 0 aliphatic rings. The molecule has 0 aromatic heterocycles. The summed E-state index contributed by atoms with van der Waals surface area (Å²) in [5.41, 5.74) is 0. The molecule has 0 saturated heterocycles. The zero-order chi connectivity index (χ0) is 8.69. The number of ether oxygens (including phenoxy) is 1. The Kier molecular flexibility index (Phi) is 5.77. The molecule has 0 radical (unpaired) electrons. The van der Waals surface area contributed by atoms with E-state index in [2.05, 4.69) is 14.6 Å². The summed E-state index contributed by atoms with van der Waals surface area (Å²) in [7, 11) is 2.92. The van der Waals surface area contributed by atoms with E-state index in [4.69, 9.17) is 0 Å². The third kappa shape index (κ3) is 3.94. The minimum absolute atomic E-state index is 0.298. The smallest absolute Gasteiger partial charge is 0.323 e. The second-order valence-corrected chi connectivity index (χ2v) is 2.48. The van der Waals surface area contributed by atoms with Crippen molar-refractivity contribution in [2.24, 2.45) is 4.58 Å². The molecule has 1 atom stereocenters. The van der Waals surface area contributed by atoms with Crippen LogP contribution < -0.4 is 5.32 Å². The van der Waals surface area contributed by atoms with Gasteiger partial charge < -0.3 is 10.1 Å². The third-order valence-corrected chi connectivity index (χ3v) is 1.72. The van der Waals surface area contributed by atoms with Gasteiger partial charge in [0, 0.05) is 22.3 Å². The summed E-state index contributed by atoms with van der Waals surface area (Å²) in [5, 5.41) is 2.69. The van der Waals surface area contributed by atoms with Crippen LogP contribution in [0.3, 0.4) is 0 Å². The number of nitrogens with zero attached hydrogens (tertiary/aromatic N) is 1. The molecule has 0 bridgehead atoms. The van der Waals surface area contributed by atoms with E-state index in [0.717, 1.165) is 11.9 Å². The molecule has 0 rings (SSSR count). The SMILES string of the molecule is CNC(CSN=O)C(=O)OC. The molecule has 0 spiro atoms. The fourth-order valence-corrected chi connectivity index (χ4v) is 1.03. The number of nitrogens with one attached hydrogen (secondary N) is 1. The minimum Gasteiger partial charge on any atom is -0.468 e. The average molecular weight is 178 g/mol. The van der Waals surface area contributed by atoms with E-state index in [-0.39, 0.29) is 5.97 Å². The second-order valence-electron chi connectivity index (χ2n) is 1.73. The van der Waals surface area contributed by atoms with Crippen molar-refractivity contribution in [1.29, 1.82) is 0 Å². The highest BCUT2D eigenvalue weighted by molar-refractivity contribution is 7.97. The molecule has 0 amide bonds. The highest BCUT2D eigenvalue weighted by Gasteiger charge is 2.16. The van der Waals surface area contributed by atoms with Crippen molar-refractivity contribution in [1.82, 2.24) is 5.32 Å². The van der Waals surface area contributed by atoms with Crippen molar-refractivity contribution >= 4 is 17.9 Å². The van der Waals surface area contributed by atoms with Crippen LogP contribution >= 0.6 is 11.9 Å². The third-order valence-electron chi connectivity index (χ3n) is 1.13. The predicted octanol–water partition coefficient (Wildman–Crippen LogP) is 0.162. The minimum atomic E-state index is -0.456. The topological polar surface area (TPSA) is 67.8 Å². The van der Waals surface area contributed by atoms with Crippen molar-refractivity contribution in [3.05, 3.63) is 4.91 Å². The van der Waals surface area contributed by atoms with Crippen LogP contribution in [0.4, 0.5) is 0 Å². The van der Waals surface area contributed by atoms with Gasteiger partial charge in [0.15, 0.2) is 0 Å². The number of esters is 1. The van der Waals surface area contributed by atoms with Crippen LogP contribution in [0.5, 0.6) is 0 Å². The molecule has 0 aliphatic heterocycles. The van der Waals surface area contributed by atoms with Crippen LogP contribution in [0.1, 0.15) is 0 Å². The number of carbonyl (C=O) groups excluding carboxylic acids is 1. The highest BCUT2D eigenvalue weighted by atomic mass is 32.2. The first kappa shape index (κ1) is 10.4. The summed E-state index contributed by atoms with van der Waals surface area (Å²) in [6.45, 7) is 0. The summed E-state index contributed by atoms with van der Waals surface area (Å²) in [4.78, 5) is 20.5. The lowest BCUT2D eigenvalue weighted by Gasteiger charge is -2.09. The molecule has 1 unspecified atom stereocenters. The second kappa shape index (κ2) is 6.11. The molecule has 6 heteroatoms. The maximum Gasteiger partial charge on any atom is 0.323 e. The predicted molar refractivity (Wildman–Crippen MR) is 43.1 cm³/mol. The molecule has 0 aromatic rings. The quantitative estimate of drug-likeness (QED) is 0.369. The largest absolute Gasteiger partial charge is 0.468 e. The number of rotatable bonds is 5. The van der Waals surface area contributed by atoms with Gasteiger partial charge in [-0.15, -0.1) is 4.91 Å². The fraction of sp³-hybridized carbons (Fsp3) is 0.800. The normalized spacial score (nSPS) is 12.2. The Morgan fingerprint density at radius 2 is 2.45 bits per heavy atom. The summed E-state index contributed by atoms with van der Waals surface area (Å²) >= 11 is 0.791. The van der Waals surface area contributed by atoms with Crippen LogP contribution in [-0.2, 0) is 9.53 Å². The van der Waals surface area contributed by atoms with Crippen molar-refractivity contribution < 1.29 is 9.53 Å². The Morgan fingerprint density at radius 1 is 1.82 bits per heavy atom. The van der Waals surface area contributed by atoms with E-state index >= 15 is 0 Å². The summed E-state index contributed by atoms with van der Waals surface area (Å²) in [5.74, 6) is -0.0872. The lowest BCUT2D eigenvalue weighted by Crippen LogP contribution is -2.36. The van der Waals surface area contributed by atoms with E-state index in [1.54, 1.807) is 7.05 Å². The van der Waals surface area contributed by atoms with E-state index in [1.807, 2.05) is 0 Å². The molecular formula is C5H10N2O3S. The van der Waals surface area contributed by atoms with Crippen LogP contribution in [0, 0.1) is 4.91 Å². The van der Waals surface area contributed by atoms with E-state index < -0.39 is 6.04 Å². The number of hydrogen-bond acceptors (Lipinski definition) is 6. The zero-order valence-corrected chi connectivity index (χ0v) is 7.18. The number of hydrogen-bond donors (Lipinski definition) is 1. The first-order valence-corrected chi connectivity index (χ1v) is 3.90. The highest BCUT2D eigenvalue weighted by Crippen LogP contribution is 2.03. The molecule has 64 valence electrons. The molecular weight excluding hydrogens is 168 g/mol. The van der Waals surface area contributed by atoms with Gasteiger partial charge in [0.25, 0.3) is 0 Å². The number of likely N-dealkylation sites (N-methyl/N-ethyl adjacent to an activating group) is 1. The molecule has 0 fully saturated rings. The van der Waals surface area contributed by atoms with Gasteiger partial charge >= 0.3 is 5.97 Å². The Hall–Kier alpha value is -0.620. The molecule has 5 nitrogen and oxygen atoms in total. The van der Waals surface area contributed by atoms with Gasteiger partial charge in [-0.05, 0) is 7.05 Å². The number of carbonyl (C=O) groups is 1. The number of nitroso groups, excluding NO2 is 1. The average Bonchev–Trinajstić information content (AvgIpc) is 2.05. The molecule has 11 heavy (non-hydrogen) atoms. The van der Waals surface area contributed by atoms with E-state index in [1.165, 1.54) is 7.11 Å². The summed E-state index contributed by atoms with van der Waals surface area (Å²) in [6, 6.07) is -0.456. The van der Waals surface area contributed by atoms with Crippen molar-refractivity contribution in [3.8, 4) is 0 Å².